The number of hydrogen-bond acceptors (Lipinski definition) is 4. The average Bonchev–Trinajstić information content (AvgIpc) is 3.10. The van der Waals surface area contributed by atoms with Gasteiger partial charge in [-0.15, -0.1) is 0 Å². The number of hydrogen-bond donors (Lipinski definition) is 0. The lowest BCUT2D eigenvalue weighted by Crippen LogP contribution is -2.27. The van der Waals surface area contributed by atoms with E-state index in [0.717, 1.165) is 34.4 Å². The molecule has 4 nitrogen and oxygen atoms in total. The Morgan fingerprint density at radius 3 is 2.20 bits per heavy atom. The summed E-state index contributed by atoms with van der Waals surface area (Å²) in [6.07, 6.45) is 0. The predicted molar refractivity (Wildman–Crippen MR) is 107 cm³/mol. The molecule has 30 heavy (non-hydrogen) atoms. The Morgan fingerprint density at radius 2 is 1.50 bits per heavy atom. The van der Waals surface area contributed by atoms with E-state index in [9.17, 15) is 21.6 Å². The number of aryl methyl sites for hydroxylation is 1. The van der Waals surface area contributed by atoms with Crippen LogP contribution in [0, 0.1) is 6.92 Å². The molecular weight excluding hydrogens is 417 g/mol. The maximum Gasteiger partial charge on any atom is 0.534 e. The van der Waals surface area contributed by atoms with Crippen molar-refractivity contribution in [3.05, 3.63) is 78.4 Å². The molecule has 8 heteroatoms. The van der Waals surface area contributed by atoms with Crippen molar-refractivity contribution in [2.45, 2.75) is 12.4 Å². The molecule has 0 saturated carbocycles. The minimum Gasteiger partial charge on any atom is -0.456 e. The van der Waals surface area contributed by atoms with Crippen molar-refractivity contribution < 1.29 is 30.2 Å². The van der Waals surface area contributed by atoms with Gasteiger partial charge in [-0.3, -0.25) is 0 Å². The zero-order valence-electron chi connectivity index (χ0n) is 15.6. The first kappa shape index (κ1) is 20.0. The molecule has 0 fully saturated rings. The third-order valence-corrected chi connectivity index (χ3v) is 5.46. The predicted octanol–water partition coefficient (Wildman–Crippen LogP) is 6.30. The van der Waals surface area contributed by atoms with E-state index in [1.165, 1.54) is 6.07 Å². The first-order valence-electron chi connectivity index (χ1n) is 8.84. The van der Waals surface area contributed by atoms with Gasteiger partial charge in [0.05, 0.1) is 0 Å². The summed E-state index contributed by atoms with van der Waals surface area (Å²) in [4.78, 5) is 0. The second-order valence-corrected chi connectivity index (χ2v) is 8.28. The highest BCUT2D eigenvalue weighted by atomic mass is 32.2. The van der Waals surface area contributed by atoms with E-state index in [0.29, 0.717) is 11.1 Å². The normalized spacial score (nSPS) is 12.3. The summed E-state index contributed by atoms with van der Waals surface area (Å²) in [6.45, 7) is 2.01. The highest BCUT2D eigenvalue weighted by molar-refractivity contribution is 7.88. The zero-order chi connectivity index (χ0) is 21.5. The Bertz CT molecular complexity index is 1340. The smallest absolute Gasteiger partial charge is 0.456 e. The fourth-order valence-corrected chi connectivity index (χ4v) is 3.51. The quantitative estimate of drug-likeness (QED) is 0.280. The molecule has 4 rings (SSSR count). The van der Waals surface area contributed by atoms with Crippen molar-refractivity contribution in [1.29, 1.82) is 0 Å². The van der Waals surface area contributed by atoms with E-state index < -0.39 is 21.4 Å². The highest BCUT2D eigenvalue weighted by Crippen LogP contribution is 2.34. The van der Waals surface area contributed by atoms with E-state index in [-0.39, 0.29) is 5.58 Å². The van der Waals surface area contributed by atoms with Gasteiger partial charge in [0.1, 0.15) is 17.1 Å². The van der Waals surface area contributed by atoms with Crippen LogP contribution in [0.2, 0.25) is 0 Å². The van der Waals surface area contributed by atoms with Gasteiger partial charge in [-0.25, -0.2) is 0 Å². The largest absolute Gasteiger partial charge is 0.534 e. The van der Waals surface area contributed by atoms with Crippen molar-refractivity contribution in [2.24, 2.45) is 0 Å². The summed E-state index contributed by atoms with van der Waals surface area (Å²) in [5, 5.41) is 0.600. The Balaban J connectivity index is 1.69. The second-order valence-electron chi connectivity index (χ2n) is 6.74. The van der Waals surface area contributed by atoms with Gasteiger partial charge in [0.2, 0.25) is 0 Å². The molecule has 1 heterocycles. The lowest BCUT2D eigenvalue weighted by atomic mass is 10.0. The fraction of sp³-hybridized carbons (Fsp3) is 0.0909. The summed E-state index contributed by atoms with van der Waals surface area (Å²) < 4.78 is 69.9. The minimum absolute atomic E-state index is 0.209. The molecule has 0 aliphatic rings. The van der Waals surface area contributed by atoms with Crippen LogP contribution in [-0.2, 0) is 10.1 Å². The molecule has 0 unspecified atom stereocenters. The molecule has 0 radical (unpaired) electrons. The van der Waals surface area contributed by atoms with Gasteiger partial charge in [0.25, 0.3) is 0 Å². The molecule has 0 bridgehead atoms. The topological polar surface area (TPSA) is 56.5 Å². The molecule has 0 atom stereocenters. The molecule has 0 N–H and O–H groups in total. The number of benzene rings is 3. The van der Waals surface area contributed by atoms with E-state index in [1.807, 2.05) is 49.4 Å². The van der Waals surface area contributed by atoms with E-state index in [1.54, 1.807) is 6.07 Å². The highest BCUT2D eigenvalue weighted by Gasteiger charge is 2.48. The van der Waals surface area contributed by atoms with E-state index in [4.69, 9.17) is 4.42 Å². The molecule has 1 aromatic heterocycles. The molecular formula is C22H15F3O4S. The average molecular weight is 432 g/mol. The van der Waals surface area contributed by atoms with Crippen LogP contribution in [0.3, 0.4) is 0 Å². The van der Waals surface area contributed by atoms with Gasteiger partial charge in [-0.1, -0.05) is 48.0 Å². The first-order chi connectivity index (χ1) is 14.1. The zero-order valence-corrected chi connectivity index (χ0v) is 16.4. The van der Waals surface area contributed by atoms with Gasteiger partial charge in [-0.2, -0.15) is 21.6 Å². The molecule has 0 saturated heterocycles. The lowest BCUT2D eigenvalue weighted by molar-refractivity contribution is -0.0500. The fourth-order valence-electron chi connectivity index (χ4n) is 3.06. The van der Waals surface area contributed by atoms with Crippen LogP contribution in [0.1, 0.15) is 5.56 Å². The molecule has 154 valence electrons. The summed E-state index contributed by atoms with van der Waals surface area (Å²) >= 11 is 0. The standard InChI is InChI=1S/C22H15F3O4S/c1-14-4-2-5-15(10-14)16-6-3-7-17(11-16)20-12-18-8-9-19(13-21(18)28-20)29-30(26,27)22(23,24)25/h2-13H,1H3. The van der Waals surface area contributed by atoms with Crippen LogP contribution in [-0.4, -0.2) is 13.9 Å². The third kappa shape index (κ3) is 3.91. The number of rotatable bonds is 4. The maximum atomic E-state index is 12.5. The van der Waals surface area contributed by atoms with Crippen LogP contribution < -0.4 is 4.18 Å². The minimum atomic E-state index is -5.75. The molecule has 0 spiro atoms. The van der Waals surface area contributed by atoms with Crippen molar-refractivity contribution >= 4 is 21.1 Å². The van der Waals surface area contributed by atoms with Crippen LogP contribution in [0.5, 0.6) is 5.75 Å². The number of alkyl halides is 3. The monoisotopic (exact) mass is 432 g/mol. The summed E-state index contributed by atoms with van der Waals surface area (Å²) in [5.41, 5.74) is -1.37. The van der Waals surface area contributed by atoms with Gasteiger partial charge in [0, 0.05) is 17.0 Å². The third-order valence-electron chi connectivity index (χ3n) is 4.48. The Hall–Kier alpha value is -3.26. The van der Waals surface area contributed by atoms with Crippen molar-refractivity contribution in [2.75, 3.05) is 0 Å². The van der Waals surface area contributed by atoms with Crippen LogP contribution in [0.15, 0.2) is 77.2 Å². The van der Waals surface area contributed by atoms with Crippen LogP contribution in [0.25, 0.3) is 33.4 Å². The second kappa shape index (κ2) is 7.21. The number of fused-ring (bicyclic) bond motifs is 1. The SMILES string of the molecule is Cc1cccc(-c2cccc(-c3cc4ccc(OS(=O)(=O)C(F)(F)F)cc4o3)c2)c1. The molecule has 0 aliphatic heterocycles. The Labute approximate surface area is 170 Å². The number of furan rings is 1. The van der Waals surface area contributed by atoms with Gasteiger partial charge in [0.15, 0.2) is 0 Å². The van der Waals surface area contributed by atoms with Crippen LogP contribution in [0.4, 0.5) is 13.2 Å². The van der Waals surface area contributed by atoms with E-state index in [2.05, 4.69) is 10.2 Å². The molecule has 0 amide bonds. The summed E-state index contributed by atoms with van der Waals surface area (Å²) in [5.74, 6) is 0.0181. The van der Waals surface area contributed by atoms with Gasteiger partial charge >= 0.3 is 15.6 Å². The molecule has 4 aromatic rings. The van der Waals surface area contributed by atoms with Gasteiger partial charge < -0.3 is 8.60 Å². The van der Waals surface area contributed by atoms with Crippen molar-refractivity contribution in [3.63, 3.8) is 0 Å². The Morgan fingerprint density at radius 1 is 0.833 bits per heavy atom. The molecule has 0 aliphatic carbocycles. The van der Waals surface area contributed by atoms with Crippen molar-refractivity contribution in [1.82, 2.24) is 0 Å². The van der Waals surface area contributed by atoms with E-state index >= 15 is 0 Å². The number of halogens is 3. The Kier molecular flexibility index (Phi) is 4.82. The van der Waals surface area contributed by atoms with Crippen molar-refractivity contribution in [3.8, 4) is 28.2 Å². The molecule has 3 aromatic carbocycles. The summed E-state index contributed by atoms with van der Waals surface area (Å²) in [7, 11) is -5.75. The first-order valence-corrected chi connectivity index (χ1v) is 10.2. The van der Waals surface area contributed by atoms with Crippen LogP contribution >= 0.6 is 0 Å². The lowest BCUT2D eigenvalue weighted by Gasteiger charge is -2.08. The van der Waals surface area contributed by atoms with Gasteiger partial charge in [-0.05, 0) is 42.3 Å². The summed E-state index contributed by atoms with van der Waals surface area (Å²) in [6, 6.07) is 21.1. The maximum absolute atomic E-state index is 12.5.